The Hall–Kier alpha value is -2.18. The van der Waals surface area contributed by atoms with Crippen LogP contribution in [0.15, 0.2) is 36.7 Å². The molecule has 0 spiro atoms. The summed E-state index contributed by atoms with van der Waals surface area (Å²) in [6.45, 7) is 2.02. The fourth-order valence-corrected chi connectivity index (χ4v) is 3.87. The molecule has 3 heterocycles. The number of aromatic nitrogens is 2. The van der Waals surface area contributed by atoms with Crippen LogP contribution >= 0.6 is 22.9 Å². The van der Waals surface area contributed by atoms with Crippen LogP contribution in [0, 0.1) is 0 Å². The maximum absolute atomic E-state index is 12.3. The molecule has 1 aliphatic heterocycles. The van der Waals surface area contributed by atoms with Crippen LogP contribution < -0.4 is 10.2 Å². The Morgan fingerprint density at radius 3 is 2.75 bits per heavy atom. The zero-order valence-corrected chi connectivity index (χ0v) is 14.4. The Labute approximate surface area is 148 Å². The van der Waals surface area contributed by atoms with Gasteiger partial charge < -0.3 is 10.2 Å². The van der Waals surface area contributed by atoms with Crippen molar-refractivity contribution in [3.8, 4) is 0 Å². The maximum Gasteiger partial charge on any atom is 0.265 e. The molecule has 3 aromatic rings. The van der Waals surface area contributed by atoms with Gasteiger partial charge in [0.05, 0.1) is 14.7 Å². The minimum atomic E-state index is -0.161. The third-order valence-electron chi connectivity index (χ3n) is 4.07. The Balaban J connectivity index is 1.66. The number of carbonyl (C=O) groups is 1. The maximum atomic E-state index is 12.3. The number of rotatable bonds is 3. The number of anilines is 2. The quantitative estimate of drug-likeness (QED) is 0.762. The van der Waals surface area contributed by atoms with E-state index in [0.717, 1.165) is 35.5 Å². The van der Waals surface area contributed by atoms with Gasteiger partial charge in [0.15, 0.2) is 0 Å². The summed E-state index contributed by atoms with van der Waals surface area (Å²) in [5.74, 6) is 0.776. The molecule has 122 valence electrons. The van der Waals surface area contributed by atoms with E-state index >= 15 is 0 Å². The molecule has 5 nitrogen and oxygen atoms in total. The molecular formula is C17H15ClN4OS. The number of nitrogens with zero attached hydrogens (tertiary/aromatic N) is 3. The molecule has 0 atom stereocenters. The summed E-state index contributed by atoms with van der Waals surface area (Å²) in [6, 6.07) is 9.16. The molecule has 0 unspecified atom stereocenters. The molecule has 0 bridgehead atoms. The molecule has 1 saturated heterocycles. The van der Waals surface area contributed by atoms with Crippen LogP contribution in [-0.2, 0) is 0 Å². The van der Waals surface area contributed by atoms with E-state index in [1.165, 1.54) is 24.2 Å². The lowest BCUT2D eigenvalue weighted by Crippen LogP contribution is -2.19. The molecule has 1 aromatic carbocycles. The Kier molecular flexibility index (Phi) is 4.08. The zero-order valence-electron chi connectivity index (χ0n) is 12.8. The SMILES string of the molecule is O=C(Nc1ccc2ncnc(N3CCCC3)c2c1)c1ccc(Cl)s1. The van der Waals surface area contributed by atoms with Gasteiger partial charge in [0.2, 0.25) is 0 Å². The average Bonchev–Trinajstić information content (AvgIpc) is 3.26. The Bertz CT molecular complexity index is 904. The number of benzene rings is 1. The normalized spacial score (nSPS) is 14.3. The van der Waals surface area contributed by atoms with Crippen LogP contribution in [0.3, 0.4) is 0 Å². The van der Waals surface area contributed by atoms with E-state index in [9.17, 15) is 4.79 Å². The summed E-state index contributed by atoms with van der Waals surface area (Å²) < 4.78 is 0.600. The van der Waals surface area contributed by atoms with Crippen molar-refractivity contribution in [3.63, 3.8) is 0 Å². The third-order valence-corrected chi connectivity index (χ3v) is 5.30. The van der Waals surface area contributed by atoms with Crippen molar-refractivity contribution >= 4 is 51.3 Å². The van der Waals surface area contributed by atoms with E-state index in [2.05, 4.69) is 20.2 Å². The van der Waals surface area contributed by atoms with Crippen LogP contribution in [0.4, 0.5) is 11.5 Å². The number of hydrogen-bond acceptors (Lipinski definition) is 5. The molecule has 1 amide bonds. The van der Waals surface area contributed by atoms with E-state index in [-0.39, 0.29) is 5.91 Å². The Morgan fingerprint density at radius 1 is 1.17 bits per heavy atom. The largest absolute Gasteiger partial charge is 0.356 e. The van der Waals surface area contributed by atoms with Gasteiger partial charge in [0.25, 0.3) is 5.91 Å². The summed E-state index contributed by atoms with van der Waals surface area (Å²) >= 11 is 7.16. The van der Waals surface area contributed by atoms with Crippen LogP contribution in [0.1, 0.15) is 22.5 Å². The number of carbonyl (C=O) groups excluding carboxylic acids is 1. The van der Waals surface area contributed by atoms with Crippen LogP contribution in [0.2, 0.25) is 4.34 Å². The van der Waals surface area contributed by atoms with E-state index < -0.39 is 0 Å². The first-order valence-corrected chi connectivity index (χ1v) is 8.96. The molecule has 2 aromatic heterocycles. The number of halogens is 1. The van der Waals surface area contributed by atoms with E-state index in [0.29, 0.717) is 9.21 Å². The Morgan fingerprint density at radius 2 is 2.00 bits per heavy atom. The van der Waals surface area contributed by atoms with Gasteiger partial charge in [-0.05, 0) is 43.2 Å². The lowest BCUT2D eigenvalue weighted by atomic mass is 10.2. The van der Waals surface area contributed by atoms with Crippen molar-refractivity contribution in [2.24, 2.45) is 0 Å². The van der Waals surface area contributed by atoms with Gasteiger partial charge in [-0.3, -0.25) is 4.79 Å². The smallest absolute Gasteiger partial charge is 0.265 e. The summed E-state index contributed by atoms with van der Waals surface area (Å²) in [7, 11) is 0. The molecule has 1 aliphatic rings. The monoisotopic (exact) mass is 358 g/mol. The highest BCUT2D eigenvalue weighted by Crippen LogP contribution is 2.29. The molecule has 1 N–H and O–H groups in total. The van der Waals surface area contributed by atoms with E-state index in [1.54, 1.807) is 18.5 Å². The molecule has 0 aliphatic carbocycles. The van der Waals surface area contributed by atoms with Crippen LogP contribution in [-0.4, -0.2) is 29.0 Å². The second kappa shape index (κ2) is 6.37. The summed E-state index contributed by atoms with van der Waals surface area (Å²) in [6.07, 6.45) is 3.96. The number of hydrogen-bond donors (Lipinski definition) is 1. The van der Waals surface area contributed by atoms with E-state index in [1.807, 2.05) is 18.2 Å². The molecule has 0 saturated carbocycles. The molecular weight excluding hydrogens is 344 g/mol. The first-order chi connectivity index (χ1) is 11.7. The highest BCUT2D eigenvalue weighted by atomic mass is 35.5. The van der Waals surface area contributed by atoms with Crippen LogP contribution in [0.25, 0.3) is 10.9 Å². The molecule has 0 radical (unpaired) electrons. The standard InChI is InChI=1S/C17H15ClN4OS/c18-15-6-5-14(24-15)17(23)21-11-3-4-13-12(9-11)16(20-10-19-13)22-7-1-2-8-22/h3-6,9-10H,1-2,7-8H2,(H,21,23). The second-order valence-corrected chi connectivity index (χ2v) is 7.40. The number of amides is 1. The first-order valence-electron chi connectivity index (χ1n) is 7.77. The molecule has 7 heteroatoms. The minimum Gasteiger partial charge on any atom is -0.356 e. The summed E-state index contributed by atoms with van der Waals surface area (Å²) in [4.78, 5) is 23.9. The predicted octanol–water partition coefficient (Wildman–Crippen LogP) is 4.20. The van der Waals surface area contributed by atoms with Crippen molar-refractivity contribution in [2.45, 2.75) is 12.8 Å². The van der Waals surface area contributed by atoms with Crippen LogP contribution in [0.5, 0.6) is 0 Å². The van der Waals surface area contributed by atoms with Gasteiger partial charge in [0, 0.05) is 24.2 Å². The van der Waals surface area contributed by atoms with Crippen molar-refractivity contribution in [3.05, 3.63) is 45.9 Å². The predicted molar refractivity (Wildman–Crippen MR) is 98.3 cm³/mol. The first kappa shape index (κ1) is 15.4. The number of fused-ring (bicyclic) bond motifs is 1. The van der Waals surface area contributed by atoms with E-state index in [4.69, 9.17) is 11.6 Å². The van der Waals surface area contributed by atoms with Crippen molar-refractivity contribution in [2.75, 3.05) is 23.3 Å². The summed E-state index contributed by atoms with van der Waals surface area (Å²) in [5.41, 5.74) is 1.61. The van der Waals surface area contributed by atoms with Crippen molar-refractivity contribution in [1.29, 1.82) is 0 Å². The van der Waals surface area contributed by atoms with Gasteiger partial charge in [-0.2, -0.15) is 0 Å². The highest BCUT2D eigenvalue weighted by Gasteiger charge is 2.17. The van der Waals surface area contributed by atoms with Crippen molar-refractivity contribution in [1.82, 2.24) is 9.97 Å². The molecule has 4 rings (SSSR count). The molecule has 24 heavy (non-hydrogen) atoms. The fraction of sp³-hybridized carbons (Fsp3) is 0.235. The number of nitrogens with one attached hydrogen (secondary N) is 1. The lowest BCUT2D eigenvalue weighted by Gasteiger charge is -2.18. The van der Waals surface area contributed by atoms with Crippen molar-refractivity contribution < 1.29 is 4.79 Å². The fourth-order valence-electron chi connectivity index (χ4n) is 2.93. The second-order valence-electron chi connectivity index (χ2n) is 5.68. The van der Waals surface area contributed by atoms with Gasteiger partial charge in [-0.15, -0.1) is 11.3 Å². The van der Waals surface area contributed by atoms with Gasteiger partial charge in [0.1, 0.15) is 12.1 Å². The highest BCUT2D eigenvalue weighted by molar-refractivity contribution is 7.18. The lowest BCUT2D eigenvalue weighted by molar-refractivity contribution is 0.103. The third kappa shape index (κ3) is 2.95. The average molecular weight is 359 g/mol. The topological polar surface area (TPSA) is 58.1 Å². The van der Waals surface area contributed by atoms with Gasteiger partial charge in [-0.1, -0.05) is 11.6 Å². The minimum absolute atomic E-state index is 0.161. The zero-order chi connectivity index (χ0) is 16.5. The van der Waals surface area contributed by atoms with Gasteiger partial charge in [-0.25, -0.2) is 9.97 Å². The van der Waals surface area contributed by atoms with Gasteiger partial charge >= 0.3 is 0 Å². The summed E-state index contributed by atoms with van der Waals surface area (Å²) in [5, 5.41) is 3.88. The number of thiophene rings is 1. The molecule has 1 fully saturated rings.